The maximum absolute atomic E-state index is 13.8. The molecule has 1 aliphatic rings. The second kappa shape index (κ2) is 8.02. The van der Waals surface area contributed by atoms with Crippen molar-refractivity contribution in [3.63, 3.8) is 0 Å². The van der Waals surface area contributed by atoms with E-state index < -0.39 is 11.9 Å². The SMILES string of the molecule is COc1cc(C2c3c(oc4cc(C)c(C)cc4c3=O)C(=O)N2c2cccc(C)c2)cc(Br)c1O. The van der Waals surface area contributed by atoms with E-state index in [0.29, 0.717) is 26.7 Å². The zero-order valence-corrected chi connectivity index (χ0v) is 20.7. The van der Waals surface area contributed by atoms with Crippen LogP contribution in [-0.2, 0) is 0 Å². The van der Waals surface area contributed by atoms with Crippen molar-refractivity contribution in [2.45, 2.75) is 26.8 Å². The summed E-state index contributed by atoms with van der Waals surface area (Å²) in [5, 5.41) is 10.8. The van der Waals surface area contributed by atoms with Crippen LogP contribution in [0.1, 0.15) is 44.4 Å². The smallest absolute Gasteiger partial charge is 0.295 e. The second-order valence-corrected chi connectivity index (χ2v) is 9.43. The van der Waals surface area contributed by atoms with Crippen LogP contribution < -0.4 is 15.1 Å². The molecule has 0 fully saturated rings. The highest BCUT2D eigenvalue weighted by atomic mass is 79.9. The second-order valence-electron chi connectivity index (χ2n) is 8.58. The number of fused-ring (bicyclic) bond motifs is 2. The largest absolute Gasteiger partial charge is 0.503 e. The Bertz CT molecular complexity index is 1560. The van der Waals surface area contributed by atoms with Crippen LogP contribution >= 0.6 is 15.9 Å². The zero-order chi connectivity index (χ0) is 24.3. The van der Waals surface area contributed by atoms with Gasteiger partial charge in [0.25, 0.3) is 5.91 Å². The van der Waals surface area contributed by atoms with Gasteiger partial charge in [0, 0.05) is 5.69 Å². The van der Waals surface area contributed by atoms with Gasteiger partial charge in [0.2, 0.25) is 5.76 Å². The van der Waals surface area contributed by atoms with Crippen LogP contribution in [0.25, 0.3) is 11.0 Å². The molecule has 1 atom stereocenters. The molecular formula is C27H22BrNO5. The summed E-state index contributed by atoms with van der Waals surface area (Å²) in [6, 6.07) is 13.7. The lowest BCUT2D eigenvalue weighted by Crippen LogP contribution is -2.29. The molecule has 5 rings (SSSR count). The predicted octanol–water partition coefficient (Wildman–Crippen LogP) is 5.94. The van der Waals surface area contributed by atoms with E-state index in [0.717, 1.165) is 16.7 Å². The average molecular weight is 520 g/mol. The van der Waals surface area contributed by atoms with Crippen molar-refractivity contribution < 1.29 is 19.1 Å². The van der Waals surface area contributed by atoms with Gasteiger partial charge in [-0.2, -0.15) is 0 Å². The van der Waals surface area contributed by atoms with E-state index >= 15 is 0 Å². The number of carbonyl (C=O) groups is 1. The van der Waals surface area contributed by atoms with Crippen LogP contribution in [0.5, 0.6) is 11.5 Å². The first-order valence-corrected chi connectivity index (χ1v) is 11.5. The molecule has 1 aliphatic heterocycles. The molecule has 0 spiro atoms. The monoisotopic (exact) mass is 519 g/mol. The van der Waals surface area contributed by atoms with Crippen LogP contribution in [0.3, 0.4) is 0 Å². The maximum atomic E-state index is 13.8. The number of halogens is 1. The molecule has 0 saturated heterocycles. The first-order chi connectivity index (χ1) is 16.2. The number of carbonyl (C=O) groups excluding carboxylic acids is 1. The van der Waals surface area contributed by atoms with Crippen molar-refractivity contribution in [3.05, 3.63) is 96.8 Å². The Labute approximate surface area is 204 Å². The maximum Gasteiger partial charge on any atom is 0.295 e. The summed E-state index contributed by atoms with van der Waals surface area (Å²) in [5.74, 6) is -0.206. The number of rotatable bonds is 3. The minimum absolute atomic E-state index is 0.0235. The van der Waals surface area contributed by atoms with E-state index in [1.165, 1.54) is 7.11 Å². The molecule has 3 aromatic carbocycles. The van der Waals surface area contributed by atoms with Crippen LogP contribution in [0.2, 0.25) is 0 Å². The van der Waals surface area contributed by atoms with E-state index in [4.69, 9.17) is 9.15 Å². The van der Waals surface area contributed by atoms with Crippen LogP contribution in [0.15, 0.2) is 62.2 Å². The lowest BCUT2D eigenvalue weighted by atomic mass is 9.96. The van der Waals surface area contributed by atoms with Crippen molar-refractivity contribution in [1.82, 2.24) is 0 Å². The number of benzene rings is 3. The third-order valence-corrected chi connectivity index (χ3v) is 6.96. The topological polar surface area (TPSA) is 80.0 Å². The fourth-order valence-corrected chi connectivity index (χ4v) is 4.95. The quantitative estimate of drug-likeness (QED) is 0.362. The summed E-state index contributed by atoms with van der Waals surface area (Å²) < 4.78 is 11.8. The Balaban J connectivity index is 1.86. The van der Waals surface area contributed by atoms with E-state index in [1.54, 1.807) is 29.2 Å². The number of ether oxygens (including phenoxy) is 1. The molecule has 0 aliphatic carbocycles. The van der Waals surface area contributed by atoms with Gasteiger partial charge < -0.3 is 14.3 Å². The first kappa shape index (κ1) is 22.2. The highest BCUT2D eigenvalue weighted by Crippen LogP contribution is 2.45. The van der Waals surface area contributed by atoms with Gasteiger partial charge in [0.1, 0.15) is 5.58 Å². The molecule has 0 bridgehead atoms. The van der Waals surface area contributed by atoms with Crippen molar-refractivity contribution in [3.8, 4) is 11.5 Å². The Morgan fingerprint density at radius 3 is 2.47 bits per heavy atom. The summed E-state index contributed by atoms with van der Waals surface area (Å²) in [6.45, 7) is 5.81. The Morgan fingerprint density at radius 2 is 1.76 bits per heavy atom. The summed E-state index contributed by atoms with van der Waals surface area (Å²) in [7, 11) is 1.45. The molecule has 0 saturated carbocycles. The molecule has 1 amide bonds. The van der Waals surface area contributed by atoms with E-state index in [2.05, 4.69) is 15.9 Å². The van der Waals surface area contributed by atoms with E-state index in [1.807, 2.05) is 45.0 Å². The number of hydrogen-bond acceptors (Lipinski definition) is 5. The number of aryl methyl sites for hydroxylation is 3. The zero-order valence-electron chi connectivity index (χ0n) is 19.1. The number of phenols is 1. The number of phenolic OH excluding ortho intramolecular Hbond substituents is 1. The van der Waals surface area contributed by atoms with Gasteiger partial charge in [-0.1, -0.05) is 12.1 Å². The minimum atomic E-state index is -0.766. The average Bonchev–Trinajstić information content (AvgIpc) is 3.09. The van der Waals surface area contributed by atoms with Crippen molar-refractivity contribution >= 4 is 38.5 Å². The fraction of sp³-hybridized carbons (Fsp3) is 0.185. The van der Waals surface area contributed by atoms with E-state index in [9.17, 15) is 14.7 Å². The molecule has 2 heterocycles. The van der Waals surface area contributed by atoms with Gasteiger partial charge in [0.15, 0.2) is 16.9 Å². The van der Waals surface area contributed by atoms with Crippen LogP contribution in [-0.4, -0.2) is 18.1 Å². The summed E-state index contributed by atoms with van der Waals surface area (Å²) in [6.07, 6.45) is 0. The first-order valence-electron chi connectivity index (χ1n) is 10.8. The molecule has 1 unspecified atom stereocenters. The lowest BCUT2D eigenvalue weighted by Gasteiger charge is -2.26. The van der Waals surface area contributed by atoms with E-state index in [-0.39, 0.29) is 28.3 Å². The third kappa shape index (κ3) is 3.30. The normalized spacial score (nSPS) is 15.1. The number of anilines is 1. The van der Waals surface area contributed by atoms with Crippen molar-refractivity contribution in [2.75, 3.05) is 12.0 Å². The Morgan fingerprint density at radius 1 is 1.03 bits per heavy atom. The summed E-state index contributed by atoms with van der Waals surface area (Å²) >= 11 is 3.37. The fourth-order valence-electron chi connectivity index (χ4n) is 4.49. The molecule has 7 heteroatoms. The molecule has 1 aromatic heterocycles. The number of methoxy groups -OCH3 is 1. The van der Waals surface area contributed by atoms with Crippen molar-refractivity contribution in [2.24, 2.45) is 0 Å². The number of nitrogens with zero attached hydrogens (tertiary/aromatic N) is 1. The van der Waals surface area contributed by atoms with Gasteiger partial charge in [-0.3, -0.25) is 14.5 Å². The van der Waals surface area contributed by atoms with Gasteiger partial charge in [-0.25, -0.2) is 0 Å². The van der Waals surface area contributed by atoms with Gasteiger partial charge in [-0.15, -0.1) is 0 Å². The lowest BCUT2D eigenvalue weighted by molar-refractivity contribution is 0.0971. The van der Waals surface area contributed by atoms with Gasteiger partial charge >= 0.3 is 0 Å². The van der Waals surface area contributed by atoms with Crippen molar-refractivity contribution in [1.29, 1.82) is 0 Å². The van der Waals surface area contributed by atoms with Gasteiger partial charge in [-0.05, 0) is 95.4 Å². The Kier molecular flexibility index (Phi) is 5.24. The molecule has 0 radical (unpaired) electrons. The van der Waals surface area contributed by atoms with Crippen LogP contribution in [0.4, 0.5) is 5.69 Å². The van der Waals surface area contributed by atoms with Crippen LogP contribution in [0, 0.1) is 20.8 Å². The molecule has 172 valence electrons. The minimum Gasteiger partial charge on any atom is -0.503 e. The molecule has 4 aromatic rings. The summed E-state index contributed by atoms with van der Waals surface area (Å²) in [5.41, 5.74) is 4.55. The number of aromatic hydroxyl groups is 1. The molecule has 1 N–H and O–H groups in total. The molecule has 34 heavy (non-hydrogen) atoms. The molecular weight excluding hydrogens is 498 g/mol. The highest BCUT2D eigenvalue weighted by Gasteiger charge is 2.44. The number of hydrogen-bond donors (Lipinski definition) is 1. The predicted molar refractivity (Wildman–Crippen MR) is 134 cm³/mol. The Hall–Kier alpha value is -3.58. The number of amides is 1. The van der Waals surface area contributed by atoms with Gasteiger partial charge in [0.05, 0.1) is 28.6 Å². The standard InChI is InChI=1S/C27H22BrNO5/c1-13-6-5-7-17(8-13)29-23(16-11-19(28)25(31)21(12-16)33-4)22-24(30)18-9-14(2)15(3)10-20(18)34-26(22)27(29)32/h5-12,23,31H,1-4H3. The summed E-state index contributed by atoms with van der Waals surface area (Å²) in [4.78, 5) is 29.1. The third-order valence-electron chi connectivity index (χ3n) is 6.35. The highest BCUT2D eigenvalue weighted by molar-refractivity contribution is 9.10. The molecule has 6 nitrogen and oxygen atoms in total.